The molecule has 1 unspecified atom stereocenters. The molecule has 0 spiro atoms. The van der Waals surface area contributed by atoms with Crippen molar-refractivity contribution in [1.82, 2.24) is 9.88 Å². The van der Waals surface area contributed by atoms with Gasteiger partial charge in [0, 0.05) is 44.3 Å². The number of pyridine rings is 1. The second-order valence-corrected chi connectivity index (χ2v) is 24.9. The van der Waals surface area contributed by atoms with Crippen molar-refractivity contribution >= 4 is 35.3 Å². The second kappa shape index (κ2) is 14.4. The predicted molar refractivity (Wildman–Crippen MR) is 204 cm³/mol. The number of carbonyl (C=O) groups excluding carboxylic acids is 1. The van der Waals surface area contributed by atoms with E-state index in [1.54, 1.807) is 19.2 Å². The summed E-state index contributed by atoms with van der Waals surface area (Å²) in [4.78, 5) is 25.1. The molecule has 5 rings (SSSR count). The molecule has 1 amide bonds. The second-order valence-electron chi connectivity index (χ2n) is 17.0. The summed E-state index contributed by atoms with van der Waals surface area (Å²) in [6.07, 6.45) is -3.19. The van der Waals surface area contributed by atoms with Gasteiger partial charge in [-0.25, -0.2) is 22.2 Å². The van der Waals surface area contributed by atoms with Crippen molar-refractivity contribution in [2.45, 2.75) is 96.1 Å². The van der Waals surface area contributed by atoms with Crippen LogP contribution in [0.5, 0.6) is 0 Å². The Morgan fingerprint density at radius 3 is 2.25 bits per heavy atom. The number of piperazine rings is 1. The van der Waals surface area contributed by atoms with Gasteiger partial charge in [-0.2, -0.15) is 13.2 Å². The molecular formula is C39H51F5N4O3SSi. The number of amides is 1. The molecule has 2 aromatic carbocycles. The molecule has 53 heavy (non-hydrogen) atoms. The normalized spacial score (nSPS) is 19.9. The molecule has 2 aliphatic heterocycles. The maximum Gasteiger partial charge on any atom is 0.416 e. The number of benzene rings is 2. The van der Waals surface area contributed by atoms with Crippen molar-refractivity contribution < 1.29 is 35.2 Å². The van der Waals surface area contributed by atoms with Gasteiger partial charge in [-0.1, -0.05) is 46.0 Å². The summed E-state index contributed by atoms with van der Waals surface area (Å²) in [6, 6.07) is 9.80. The molecule has 0 saturated carbocycles. The zero-order chi connectivity index (χ0) is 39.5. The van der Waals surface area contributed by atoms with E-state index in [4.69, 9.17) is 4.98 Å². The SMILES string of the molecule is Cc1cc(F)ccc1-c1cc(N2CC3CS(=O)(=O)CCN3C[C@H]2C[Si](C)(C)C(C)(C)C)ncc1N(C)C(=O)C(C)(C)c1cc(CF)cc(C(F)(F)F)c1. The van der Waals surface area contributed by atoms with Gasteiger partial charge in [-0.05, 0) is 84.4 Å². The monoisotopic (exact) mass is 778 g/mol. The molecular weight excluding hydrogens is 728 g/mol. The lowest BCUT2D eigenvalue weighted by molar-refractivity contribution is -0.137. The smallest absolute Gasteiger partial charge is 0.351 e. The van der Waals surface area contributed by atoms with Crippen LogP contribution < -0.4 is 9.80 Å². The van der Waals surface area contributed by atoms with E-state index >= 15 is 0 Å². The van der Waals surface area contributed by atoms with Gasteiger partial charge in [0.15, 0.2) is 9.84 Å². The largest absolute Gasteiger partial charge is 0.416 e. The van der Waals surface area contributed by atoms with E-state index in [1.807, 2.05) is 6.07 Å². The number of hydrogen-bond acceptors (Lipinski definition) is 6. The van der Waals surface area contributed by atoms with Crippen molar-refractivity contribution in [3.05, 3.63) is 76.7 Å². The standard InChI is InChI=1S/C39H51F5N4O3SSi/c1-25-14-29(41)10-11-32(25)33-18-35(48-22-30-23-52(50,51)13-12-47(30)21-31(48)24-53(8,9)37(2,3)4)45-20-34(33)46(7)36(49)38(5,6)27-15-26(19-40)16-28(17-27)39(42,43)44/h10-11,14-18,20,30-31H,12-13,19,21-24H2,1-9H3/t30?,31-/m0/s1. The third-order valence-electron chi connectivity index (χ3n) is 11.8. The lowest BCUT2D eigenvalue weighted by atomic mass is 9.81. The molecule has 1 aromatic heterocycles. The van der Waals surface area contributed by atoms with Gasteiger partial charge in [0.05, 0.1) is 42.4 Å². The highest BCUT2D eigenvalue weighted by molar-refractivity contribution is 7.91. The first-order valence-corrected chi connectivity index (χ1v) is 22.9. The molecule has 0 radical (unpaired) electrons. The summed E-state index contributed by atoms with van der Waals surface area (Å²) in [5.74, 6) is -0.239. The molecule has 2 saturated heterocycles. The van der Waals surface area contributed by atoms with Crippen LogP contribution in [0.2, 0.25) is 24.2 Å². The average Bonchev–Trinajstić information content (AvgIpc) is 3.05. The highest BCUT2D eigenvalue weighted by Gasteiger charge is 2.45. The summed E-state index contributed by atoms with van der Waals surface area (Å²) in [5.41, 5.74) is -0.629. The number of nitrogens with zero attached hydrogens (tertiary/aromatic N) is 4. The van der Waals surface area contributed by atoms with Gasteiger partial charge in [-0.3, -0.25) is 9.69 Å². The van der Waals surface area contributed by atoms with Crippen molar-refractivity contribution in [3.63, 3.8) is 0 Å². The van der Waals surface area contributed by atoms with Crippen molar-refractivity contribution in [3.8, 4) is 11.1 Å². The van der Waals surface area contributed by atoms with Crippen LogP contribution in [0, 0.1) is 12.7 Å². The molecule has 2 aliphatic rings. The molecule has 3 aromatic rings. The van der Waals surface area contributed by atoms with E-state index in [0.717, 1.165) is 18.2 Å². The molecule has 14 heteroatoms. The van der Waals surface area contributed by atoms with E-state index in [0.29, 0.717) is 47.8 Å². The number of likely N-dealkylation sites (N-methyl/N-ethyl adjacent to an activating group) is 1. The number of carbonyl (C=O) groups is 1. The minimum absolute atomic E-state index is 0.00898. The zero-order valence-corrected chi connectivity index (χ0v) is 33.9. The van der Waals surface area contributed by atoms with Gasteiger partial charge in [0.1, 0.15) is 18.3 Å². The van der Waals surface area contributed by atoms with Crippen LogP contribution in [0.15, 0.2) is 48.7 Å². The molecule has 2 atom stereocenters. The van der Waals surface area contributed by atoms with E-state index in [1.165, 1.54) is 44.0 Å². The molecule has 0 N–H and O–H groups in total. The number of halogens is 5. The van der Waals surface area contributed by atoms with E-state index in [-0.39, 0.29) is 39.8 Å². The van der Waals surface area contributed by atoms with Crippen molar-refractivity contribution in [2.75, 3.05) is 48.0 Å². The summed E-state index contributed by atoms with van der Waals surface area (Å²) in [7, 11) is -3.57. The Kier molecular flexibility index (Phi) is 11.1. The summed E-state index contributed by atoms with van der Waals surface area (Å²) < 4.78 is 95.2. The zero-order valence-electron chi connectivity index (χ0n) is 32.0. The number of hydrogen-bond donors (Lipinski definition) is 0. The van der Waals surface area contributed by atoms with Gasteiger partial charge >= 0.3 is 6.18 Å². The fourth-order valence-electron chi connectivity index (χ4n) is 7.38. The fraction of sp³-hybridized carbons (Fsp3) is 0.538. The molecule has 0 bridgehead atoms. The van der Waals surface area contributed by atoms with Gasteiger partial charge < -0.3 is 9.80 Å². The maximum atomic E-state index is 14.4. The summed E-state index contributed by atoms with van der Waals surface area (Å²) >= 11 is 0. The molecule has 0 aliphatic carbocycles. The molecule has 3 heterocycles. The molecule has 290 valence electrons. The Morgan fingerprint density at radius 1 is 0.981 bits per heavy atom. The number of fused-ring (bicyclic) bond motifs is 1. The predicted octanol–water partition coefficient (Wildman–Crippen LogP) is 8.42. The highest BCUT2D eigenvalue weighted by Crippen LogP contribution is 2.43. The Bertz CT molecular complexity index is 1980. The van der Waals surface area contributed by atoms with Gasteiger partial charge in [0.25, 0.3) is 0 Å². The number of aromatic nitrogens is 1. The first-order chi connectivity index (χ1) is 24.3. The molecule has 7 nitrogen and oxygen atoms in total. The van der Waals surface area contributed by atoms with Crippen LogP contribution in [0.1, 0.15) is 56.9 Å². The topological polar surface area (TPSA) is 73.8 Å². The van der Waals surface area contributed by atoms with Crippen LogP contribution in [0.3, 0.4) is 0 Å². The Balaban J connectivity index is 1.62. The minimum Gasteiger partial charge on any atom is -0.351 e. The lowest BCUT2D eigenvalue weighted by Crippen LogP contribution is -2.64. The van der Waals surface area contributed by atoms with Crippen LogP contribution in [0.4, 0.5) is 33.5 Å². The third kappa shape index (κ3) is 8.49. The minimum atomic E-state index is -4.74. The van der Waals surface area contributed by atoms with Crippen LogP contribution in [0.25, 0.3) is 11.1 Å². The fourth-order valence-corrected chi connectivity index (χ4v) is 11.1. The van der Waals surface area contributed by atoms with E-state index in [2.05, 4.69) is 43.7 Å². The average molecular weight is 779 g/mol. The van der Waals surface area contributed by atoms with Crippen LogP contribution in [-0.2, 0) is 32.9 Å². The highest BCUT2D eigenvalue weighted by atomic mass is 32.2. The first kappa shape index (κ1) is 40.8. The third-order valence-corrected chi connectivity index (χ3v) is 19.0. The number of sulfone groups is 1. The van der Waals surface area contributed by atoms with E-state index in [9.17, 15) is 35.2 Å². The van der Waals surface area contributed by atoms with E-state index < -0.39 is 53.5 Å². The molecule has 2 fully saturated rings. The van der Waals surface area contributed by atoms with Gasteiger partial charge in [-0.15, -0.1) is 0 Å². The van der Waals surface area contributed by atoms with Crippen molar-refractivity contribution in [2.24, 2.45) is 0 Å². The number of anilines is 2. The van der Waals surface area contributed by atoms with Crippen molar-refractivity contribution in [1.29, 1.82) is 0 Å². The Labute approximate surface area is 311 Å². The Hall–Kier alpha value is -3.36. The van der Waals surface area contributed by atoms with Crippen LogP contribution in [-0.4, -0.2) is 82.6 Å². The van der Waals surface area contributed by atoms with Gasteiger partial charge in [0.2, 0.25) is 5.91 Å². The van der Waals surface area contributed by atoms with Crippen LogP contribution >= 0.6 is 0 Å². The number of alkyl halides is 4. The summed E-state index contributed by atoms with van der Waals surface area (Å²) in [5, 5.41) is 0.0921. The number of rotatable bonds is 8. The Morgan fingerprint density at radius 2 is 1.64 bits per heavy atom. The first-order valence-electron chi connectivity index (χ1n) is 17.9. The summed E-state index contributed by atoms with van der Waals surface area (Å²) in [6.45, 7) is 16.7. The lowest BCUT2D eigenvalue weighted by Gasteiger charge is -2.51. The number of aryl methyl sites for hydroxylation is 1. The quantitative estimate of drug-likeness (QED) is 0.169. The maximum absolute atomic E-state index is 14.4.